The van der Waals surface area contributed by atoms with Crippen molar-refractivity contribution in [1.82, 2.24) is 24.9 Å². The van der Waals surface area contributed by atoms with E-state index in [0.29, 0.717) is 18.0 Å². The molecular formula is C29H40N6O. The van der Waals surface area contributed by atoms with Crippen LogP contribution in [0.15, 0.2) is 48.8 Å². The van der Waals surface area contributed by atoms with Gasteiger partial charge in [-0.25, -0.2) is 4.79 Å². The summed E-state index contributed by atoms with van der Waals surface area (Å²) in [6, 6.07) is 13.7. The average molecular weight is 489 g/mol. The second-order valence-corrected chi connectivity index (χ2v) is 11.8. The highest BCUT2D eigenvalue weighted by Gasteiger charge is 2.56. The number of piperidine rings is 1. The van der Waals surface area contributed by atoms with Crippen molar-refractivity contribution in [3.8, 4) is 0 Å². The third kappa shape index (κ3) is 4.15. The van der Waals surface area contributed by atoms with Gasteiger partial charge in [0.1, 0.15) is 0 Å². The van der Waals surface area contributed by atoms with Gasteiger partial charge in [0.2, 0.25) is 0 Å². The van der Waals surface area contributed by atoms with Crippen LogP contribution in [0.3, 0.4) is 0 Å². The lowest BCUT2D eigenvalue weighted by molar-refractivity contribution is 0.0226. The molecule has 192 valence electrons. The van der Waals surface area contributed by atoms with Crippen molar-refractivity contribution in [3.05, 3.63) is 54.4 Å². The summed E-state index contributed by atoms with van der Waals surface area (Å²) in [6.07, 6.45) is 12.6. The number of nitrogens with zero attached hydrogens (tertiary/aromatic N) is 6. The van der Waals surface area contributed by atoms with Gasteiger partial charge in [-0.1, -0.05) is 30.3 Å². The minimum Gasteiger partial charge on any atom is -0.370 e. The van der Waals surface area contributed by atoms with Gasteiger partial charge in [0.25, 0.3) is 0 Å². The molecule has 3 heterocycles. The van der Waals surface area contributed by atoms with Crippen LogP contribution in [-0.4, -0.2) is 82.8 Å². The first kappa shape index (κ1) is 23.7. The average Bonchev–Trinajstić information content (AvgIpc) is 3.72. The van der Waals surface area contributed by atoms with E-state index in [9.17, 15) is 4.79 Å². The third-order valence-electron chi connectivity index (χ3n) is 9.67. The zero-order chi connectivity index (χ0) is 24.8. The molecule has 7 heteroatoms. The van der Waals surface area contributed by atoms with Crippen LogP contribution in [0.4, 0.5) is 10.5 Å². The number of aromatic nitrogens is 2. The van der Waals surface area contributed by atoms with Crippen LogP contribution < -0.4 is 4.90 Å². The molecule has 0 bridgehead atoms. The highest BCUT2D eigenvalue weighted by atomic mass is 16.2. The second-order valence-electron chi connectivity index (χ2n) is 11.8. The Hall–Kier alpha value is -2.67. The van der Waals surface area contributed by atoms with E-state index in [4.69, 9.17) is 0 Å². The summed E-state index contributed by atoms with van der Waals surface area (Å²) in [5, 5.41) is 7.96. The predicted octanol–water partition coefficient (Wildman–Crippen LogP) is 4.36. The first-order valence-electron chi connectivity index (χ1n) is 13.8. The highest BCUT2D eigenvalue weighted by molar-refractivity contribution is 5.79. The smallest absolute Gasteiger partial charge is 0.320 e. The molecule has 4 aliphatic rings. The van der Waals surface area contributed by atoms with Gasteiger partial charge >= 0.3 is 6.03 Å². The molecule has 1 aromatic heterocycles. The number of carbonyl (C=O) groups is 1. The number of anilines is 1. The number of benzene rings is 1. The highest BCUT2D eigenvalue weighted by Crippen LogP contribution is 2.50. The van der Waals surface area contributed by atoms with E-state index < -0.39 is 0 Å². The van der Waals surface area contributed by atoms with Gasteiger partial charge < -0.3 is 14.7 Å². The standard InChI is InChI=1S/C29H40N6O/c1-32(2)29(24-6-4-3-5-7-24)15-13-28(14-16-29)22-34(27(36)35(28)21-23-8-9-23)25-11-18-33(19-12-25)26-10-17-30-31-20-26/h3-7,10,17,20,23,25H,8-9,11-16,18-19,21-22H2,1-2H3/t28-,29+. The molecule has 6 rings (SSSR count). The molecule has 0 unspecified atom stereocenters. The third-order valence-corrected chi connectivity index (χ3v) is 9.67. The Bertz CT molecular complexity index is 1040. The topological polar surface area (TPSA) is 55.8 Å². The summed E-state index contributed by atoms with van der Waals surface area (Å²) in [5.41, 5.74) is 2.59. The van der Waals surface area contributed by atoms with Crippen molar-refractivity contribution in [2.45, 2.75) is 68.5 Å². The van der Waals surface area contributed by atoms with Gasteiger partial charge in [0, 0.05) is 37.8 Å². The molecule has 0 N–H and O–H groups in total. The zero-order valence-electron chi connectivity index (χ0n) is 21.9. The van der Waals surface area contributed by atoms with E-state index in [1.165, 1.54) is 18.4 Å². The number of rotatable bonds is 6. The summed E-state index contributed by atoms with van der Waals surface area (Å²) in [5.74, 6) is 0.710. The maximum Gasteiger partial charge on any atom is 0.320 e. The van der Waals surface area contributed by atoms with Gasteiger partial charge in [0.15, 0.2) is 0 Å². The van der Waals surface area contributed by atoms with Crippen molar-refractivity contribution in [2.75, 3.05) is 45.2 Å². The molecule has 2 amide bonds. The maximum atomic E-state index is 14.0. The van der Waals surface area contributed by atoms with E-state index >= 15 is 0 Å². The molecule has 1 aromatic carbocycles. The molecule has 2 aliphatic heterocycles. The molecule has 36 heavy (non-hydrogen) atoms. The van der Waals surface area contributed by atoms with Crippen LogP contribution >= 0.6 is 0 Å². The van der Waals surface area contributed by atoms with E-state index in [0.717, 1.165) is 70.4 Å². The minimum absolute atomic E-state index is 0.0138. The van der Waals surface area contributed by atoms with E-state index in [-0.39, 0.29) is 11.1 Å². The molecule has 0 atom stereocenters. The Labute approximate surface area is 215 Å². The Morgan fingerprint density at radius 3 is 2.28 bits per heavy atom. The lowest BCUT2D eigenvalue weighted by atomic mass is 9.68. The fourth-order valence-electron chi connectivity index (χ4n) is 7.15. The molecule has 1 spiro atoms. The predicted molar refractivity (Wildman–Crippen MR) is 142 cm³/mol. The number of hydrogen-bond donors (Lipinski definition) is 0. The van der Waals surface area contributed by atoms with Crippen LogP contribution in [0.25, 0.3) is 0 Å². The van der Waals surface area contributed by atoms with Crippen molar-refractivity contribution >= 4 is 11.7 Å². The van der Waals surface area contributed by atoms with Crippen molar-refractivity contribution < 1.29 is 4.79 Å². The first-order valence-corrected chi connectivity index (χ1v) is 13.8. The summed E-state index contributed by atoms with van der Waals surface area (Å²) >= 11 is 0. The maximum absolute atomic E-state index is 14.0. The lowest BCUT2D eigenvalue weighted by Crippen LogP contribution is -2.55. The molecule has 2 saturated carbocycles. The fraction of sp³-hybridized carbons (Fsp3) is 0.621. The molecule has 2 aliphatic carbocycles. The Kier molecular flexibility index (Phi) is 6.14. The summed E-state index contributed by atoms with van der Waals surface area (Å²) in [6.45, 7) is 3.79. The van der Waals surface area contributed by atoms with Crippen LogP contribution in [-0.2, 0) is 5.54 Å². The molecule has 4 fully saturated rings. The van der Waals surface area contributed by atoms with Crippen molar-refractivity contribution in [3.63, 3.8) is 0 Å². The van der Waals surface area contributed by atoms with Gasteiger partial charge in [0.05, 0.1) is 23.6 Å². The van der Waals surface area contributed by atoms with Gasteiger partial charge in [-0.15, -0.1) is 0 Å². The number of carbonyl (C=O) groups excluding carboxylic acids is 1. The molecular weight excluding hydrogens is 448 g/mol. The molecule has 2 saturated heterocycles. The number of amides is 2. The molecule has 7 nitrogen and oxygen atoms in total. The van der Waals surface area contributed by atoms with Crippen LogP contribution in [0.1, 0.15) is 56.9 Å². The van der Waals surface area contributed by atoms with Gasteiger partial charge in [-0.05, 0) is 83.0 Å². The minimum atomic E-state index is -0.0138. The number of hydrogen-bond acceptors (Lipinski definition) is 5. The van der Waals surface area contributed by atoms with Crippen molar-refractivity contribution in [2.24, 2.45) is 5.92 Å². The van der Waals surface area contributed by atoms with Crippen LogP contribution in [0, 0.1) is 5.92 Å². The monoisotopic (exact) mass is 488 g/mol. The van der Waals surface area contributed by atoms with Gasteiger partial charge in [-0.2, -0.15) is 10.2 Å². The first-order chi connectivity index (χ1) is 17.5. The lowest BCUT2D eigenvalue weighted by Gasteiger charge is -2.51. The SMILES string of the molecule is CN(C)[C@]1(c2ccccc2)CC[C@]2(CC1)CN(C1CCN(c3ccnnc3)CC1)C(=O)N2CC1CC1. The molecule has 0 radical (unpaired) electrons. The zero-order valence-corrected chi connectivity index (χ0v) is 21.9. The fourth-order valence-corrected chi connectivity index (χ4v) is 7.15. The quantitative estimate of drug-likeness (QED) is 0.605. The normalized spacial score (nSPS) is 29.5. The van der Waals surface area contributed by atoms with Crippen LogP contribution in [0.5, 0.6) is 0 Å². The van der Waals surface area contributed by atoms with Crippen molar-refractivity contribution in [1.29, 1.82) is 0 Å². The Morgan fingerprint density at radius 2 is 1.67 bits per heavy atom. The summed E-state index contributed by atoms with van der Waals surface area (Å²) < 4.78 is 0. The second kappa shape index (κ2) is 9.33. The van der Waals surface area contributed by atoms with Crippen LogP contribution in [0.2, 0.25) is 0 Å². The molecule has 2 aromatic rings. The van der Waals surface area contributed by atoms with Gasteiger partial charge in [-0.3, -0.25) is 4.90 Å². The summed E-state index contributed by atoms with van der Waals surface area (Å²) in [7, 11) is 4.45. The largest absolute Gasteiger partial charge is 0.370 e. The Morgan fingerprint density at radius 1 is 0.944 bits per heavy atom. The van der Waals surface area contributed by atoms with E-state index in [1.807, 2.05) is 12.3 Å². The summed E-state index contributed by atoms with van der Waals surface area (Å²) in [4.78, 5) is 23.4. The van der Waals surface area contributed by atoms with E-state index in [2.05, 4.69) is 74.2 Å². The Balaban J connectivity index is 1.20. The van der Waals surface area contributed by atoms with E-state index in [1.54, 1.807) is 6.20 Å². The number of urea groups is 1.